The largest absolute Gasteiger partial charge is 0.362 e. The smallest absolute Gasteiger partial charge is 0.156 e. The molecule has 4 N–H and O–H groups in total. The first-order valence-corrected chi connectivity index (χ1v) is 6.09. The van der Waals surface area contributed by atoms with Crippen LogP contribution in [-0.4, -0.2) is 15.1 Å². The molecule has 2 aromatic heterocycles. The predicted molar refractivity (Wildman–Crippen MR) is 72.5 cm³/mol. The molecule has 0 atom stereocenters. The van der Waals surface area contributed by atoms with Crippen molar-refractivity contribution in [1.29, 1.82) is 0 Å². The summed E-state index contributed by atoms with van der Waals surface area (Å²) in [5, 5.41) is 7.06. The summed E-state index contributed by atoms with van der Waals surface area (Å²) in [5.74, 6) is 7.84. The van der Waals surface area contributed by atoms with E-state index in [2.05, 4.69) is 39.7 Å². The molecule has 0 fully saturated rings. The highest BCUT2D eigenvalue weighted by atomic mass is 16.5. The number of nitrogens with zero attached hydrogens (tertiary/aromatic N) is 3. The van der Waals surface area contributed by atoms with Crippen molar-refractivity contribution in [3.05, 3.63) is 29.4 Å². The number of aromatic nitrogens is 3. The minimum Gasteiger partial charge on any atom is -0.362 e. The Morgan fingerprint density at radius 3 is 2.63 bits per heavy atom. The lowest BCUT2D eigenvalue weighted by atomic mass is 10.0. The first-order chi connectivity index (χ1) is 9.11. The topological polar surface area (TPSA) is 102 Å². The monoisotopic (exact) mass is 262 g/mol. The van der Waals surface area contributed by atoms with Crippen LogP contribution in [0.15, 0.2) is 16.9 Å². The van der Waals surface area contributed by atoms with Crippen molar-refractivity contribution in [2.24, 2.45) is 5.84 Å². The molecule has 19 heavy (non-hydrogen) atoms. The van der Waals surface area contributed by atoms with E-state index < -0.39 is 0 Å². The number of nitrogens with two attached hydrogens (primary N) is 1. The fourth-order valence-electron chi connectivity index (χ4n) is 1.87. The molecule has 0 saturated heterocycles. The van der Waals surface area contributed by atoms with Crippen molar-refractivity contribution in [3.63, 3.8) is 0 Å². The zero-order valence-corrected chi connectivity index (χ0v) is 11.3. The molecule has 0 aliphatic rings. The summed E-state index contributed by atoms with van der Waals surface area (Å²) in [6.45, 7) is 6.52. The predicted octanol–water partition coefficient (Wildman–Crippen LogP) is 1.79. The molecular formula is C12H18N6O. The van der Waals surface area contributed by atoms with Crippen LogP contribution in [0.3, 0.4) is 0 Å². The Hall–Kier alpha value is -2.15. The van der Waals surface area contributed by atoms with Gasteiger partial charge in [-0.2, -0.15) is 0 Å². The first kappa shape index (κ1) is 13.3. The van der Waals surface area contributed by atoms with Crippen molar-refractivity contribution in [1.82, 2.24) is 15.1 Å². The van der Waals surface area contributed by atoms with Gasteiger partial charge in [0.05, 0.1) is 12.2 Å². The van der Waals surface area contributed by atoms with Crippen LogP contribution in [0.25, 0.3) is 0 Å². The van der Waals surface area contributed by atoms with Crippen LogP contribution >= 0.6 is 0 Å². The second-order valence-electron chi connectivity index (χ2n) is 4.57. The van der Waals surface area contributed by atoms with Gasteiger partial charge in [0.15, 0.2) is 5.76 Å². The lowest BCUT2D eigenvalue weighted by molar-refractivity contribution is 0.384. The Bertz CT molecular complexity index is 551. The molecule has 0 aromatic carbocycles. The summed E-state index contributed by atoms with van der Waals surface area (Å²) in [4.78, 5) is 8.37. The van der Waals surface area contributed by atoms with Gasteiger partial charge in [-0.15, -0.1) is 0 Å². The van der Waals surface area contributed by atoms with Crippen molar-refractivity contribution < 1.29 is 4.52 Å². The SMILES string of the molecule is Cc1cc(CNc2ncnc(NN)c2C(C)C)on1. The number of hydrogen-bond donors (Lipinski definition) is 3. The molecule has 7 heteroatoms. The highest BCUT2D eigenvalue weighted by molar-refractivity contribution is 5.58. The third-order valence-electron chi connectivity index (χ3n) is 2.70. The molecule has 0 saturated carbocycles. The molecule has 102 valence electrons. The molecule has 2 rings (SSSR count). The van der Waals surface area contributed by atoms with E-state index in [0.717, 1.165) is 22.8 Å². The quantitative estimate of drug-likeness (QED) is 0.557. The Labute approximate surface area is 111 Å². The van der Waals surface area contributed by atoms with Gasteiger partial charge < -0.3 is 15.3 Å². The zero-order valence-electron chi connectivity index (χ0n) is 11.3. The average Bonchev–Trinajstić information content (AvgIpc) is 2.81. The van der Waals surface area contributed by atoms with Crippen LogP contribution < -0.4 is 16.6 Å². The molecule has 7 nitrogen and oxygen atoms in total. The van der Waals surface area contributed by atoms with Gasteiger partial charge in [-0.05, 0) is 12.8 Å². The lowest BCUT2D eigenvalue weighted by Crippen LogP contribution is -2.15. The van der Waals surface area contributed by atoms with Gasteiger partial charge in [-0.1, -0.05) is 19.0 Å². The summed E-state index contributed by atoms with van der Waals surface area (Å²) >= 11 is 0. The second kappa shape index (κ2) is 5.66. The fraction of sp³-hybridized carbons (Fsp3) is 0.417. The lowest BCUT2D eigenvalue weighted by Gasteiger charge is -2.15. The van der Waals surface area contributed by atoms with Crippen LogP contribution in [0.4, 0.5) is 11.6 Å². The van der Waals surface area contributed by atoms with E-state index in [-0.39, 0.29) is 5.92 Å². The Morgan fingerprint density at radius 2 is 2.05 bits per heavy atom. The van der Waals surface area contributed by atoms with E-state index in [1.54, 1.807) is 0 Å². The van der Waals surface area contributed by atoms with Crippen LogP contribution in [0.2, 0.25) is 0 Å². The standard InChI is InChI=1S/C12H18N6O/c1-7(2)10-11(15-6-16-12(10)17-13)14-5-9-4-8(3)18-19-9/h4,6-7H,5,13H2,1-3H3,(H2,14,15,16,17). The average molecular weight is 262 g/mol. The number of aryl methyl sites for hydroxylation is 1. The molecule has 2 heterocycles. The van der Waals surface area contributed by atoms with Crippen molar-refractivity contribution in [3.8, 4) is 0 Å². The summed E-state index contributed by atoms with van der Waals surface area (Å²) in [5.41, 5.74) is 4.39. The van der Waals surface area contributed by atoms with E-state index in [1.807, 2.05) is 13.0 Å². The number of anilines is 2. The van der Waals surface area contributed by atoms with E-state index in [4.69, 9.17) is 10.4 Å². The molecular weight excluding hydrogens is 244 g/mol. The minimum absolute atomic E-state index is 0.242. The van der Waals surface area contributed by atoms with Gasteiger partial charge in [0.1, 0.15) is 18.0 Å². The van der Waals surface area contributed by atoms with Crippen molar-refractivity contribution in [2.75, 3.05) is 10.7 Å². The van der Waals surface area contributed by atoms with Gasteiger partial charge >= 0.3 is 0 Å². The van der Waals surface area contributed by atoms with Gasteiger partial charge in [0, 0.05) is 11.6 Å². The maximum absolute atomic E-state index is 5.47. The van der Waals surface area contributed by atoms with Crippen molar-refractivity contribution >= 4 is 11.6 Å². The maximum Gasteiger partial charge on any atom is 0.156 e. The molecule has 0 amide bonds. The van der Waals surface area contributed by atoms with E-state index in [0.29, 0.717) is 12.4 Å². The molecule has 0 aliphatic heterocycles. The Kier molecular flexibility index (Phi) is 3.96. The summed E-state index contributed by atoms with van der Waals surface area (Å²) in [7, 11) is 0. The fourth-order valence-corrected chi connectivity index (χ4v) is 1.87. The number of hydrazine groups is 1. The van der Waals surface area contributed by atoms with E-state index in [9.17, 15) is 0 Å². The Morgan fingerprint density at radius 1 is 1.32 bits per heavy atom. The summed E-state index contributed by atoms with van der Waals surface area (Å²) in [6, 6.07) is 1.88. The highest BCUT2D eigenvalue weighted by Gasteiger charge is 2.14. The third kappa shape index (κ3) is 3.00. The van der Waals surface area contributed by atoms with Gasteiger partial charge in [0.25, 0.3) is 0 Å². The number of hydrogen-bond acceptors (Lipinski definition) is 7. The first-order valence-electron chi connectivity index (χ1n) is 6.09. The zero-order chi connectivity index (χ0) is 13.8. The maximum atomic E-state index is 5.47. The minimum atomic E-state index is 0.242. The summed E-state index contributed by atoms with van der Waals surface area (Å²) < 4.78 is 5.15. The molecule has 0 spiro atoms. The van der Waals surface area contributed by atoms with Gasteiger partial charge in [-0.25, -0.2) is 15.8 Å². The molecule has 0 aliphatic carbocycles. The van der Waals surface area contributed by atoms with Crippen LogP contribution in [0, 0.1) is 6.92 Å². The molecule has 2 aromatic rings. The molecule has 0 bridgehead atoms. The van der Waals surface area contributed by atoms with Crippen LogP contribution in [-0.2, 0) is 6.54 Å². The third-order valence-corrected chi connectivity index (χ3v) is 2.70. The van der Waals surface area contributed by atoms with E-state index in [1.165, 1.54) is 6.33 Å². The molecule has 0 unspecified atom stereocenters. The number of rotatable bonds is 5. The summed E-state index contributed by atoms with van der Waals surface area (Å²) in [6.07, 6.45) is 1.47. The van der Waals surface area contributed by atoms with Gasteiger partial charge in [-0.3, -0.25) is 0 Å². The van der Waals surface area contributed by atoms with Gasteiger partial charge in [0.2, 0.25) is 0 Å². The number of nitrogens with one attached hydrogen (secondary N) is 2. The Balaban J connectivity index is 2.19. The van der Waals surface area contributed by atoms with Crippen LogP contribution in [0.1, 0.15) is 36.8 Å². The highest BCUT2D eigenvalue weighted by Crippen LogP contribution is 2.27. The number of nitrogen functional groups attached to an aromatic ring is 1. The molecule has 0 radical (unpaired) electrons. The van der Waals surface area contributed by atoms with Crippen LogP contribution in [0.5, 0.6) is 0 Å². The second-order valence-corrected chi connectivity index (χ2v) is 4.57. The van der Waals surface area contributed by atoms with Crippen molar-refractivity contribution in [2.45, 2.75) is 33.2 Å². The normalized spacial score (nSPS) is 10.8. The van der Waals surface area contributed by atoms with E-state index >= 15 is 0 Å².